The molecule has 1 amide bonds. The number of aromatic nitrogens is 5. The summed E-state index contributed by atoms with van der Waals surface area (Å²) in [6.45, 7) is 2.52. The van der Waals surface area contributed by atoms with E-state index in [0.717, 1.165) is 5.56 Å². The quantitative estimate of drug-likeness (QED) is 0.763. The predicted octanol–water partition coefficient (Wildman–Crippen LogP) is 1.87. The summed E-state index contributed by atoms with van der Waals surface area (Å²) in [5.41, 5.74) is 1.67. The molecule has 0 aliphatic carbocycles. The molecule has 3 rings (SSSR count). The van der Waals surface area contributed by atoms with Crippen molar-refractivity contribution < 1.29 is 4.79 Å². The fourth-order valence-electron chi connectivity index (χ4n) is 1.82. The number of aryl methyl sites for hydroxylation is 1. The van der Waals surface area contributed by atoms with E-state index in [1.165, 1.54) is 11.3 Å². The SMILES string of the molecule is CCn1cc(NC(=O)c2csc(-c3cn[nH]c3)n2)c(C#N)n1. The van der Waals surface area contributed by atoms with E-state index in [1.807, 2.05) is 13.0 Å². The van der Waals surface area contributed by atoms with Crippen molar-refractivity contribution in [2.24, 2.45) is 0 Å². The summed E-state index contributed by atoms with van der Waals surface area (Å²) in [6.07, 6.45) is 4.97. The molecule has 0 atom stereocenters. The van der Waals surface area contributed by atoms with Crippen molar-refractivity contribution in [1.82, 2.24) is 25.0 Å². The van der Waals surface area contributed by atoms with E-state index in [2.05, 4.69) is 25.6 Å². The summed E-state index contributed by atoms with van der Waals surface area (Å²) in [5.74, 6) is -0.377. The molecule has 3 heterocycles. The Labute approximate surface area is 129 Å². The molecule has 3 aromatic rings. The van der Waals surface area contributed by atoms with Gasteiger partial charge >= 0.3 is 0 Å². The number of nitrogens with one attached hydrogen (secondary N) is 2. The molecule has 2 N–H and O–H groups in total. The molecule has 8 nitrogen and oxygen atoms in total. The van der Waals surface area contributed by atoms with E-state index in [1.54, 1.807) is 28.7 Å². The van der Waals surface area contributed by atoms with Crippen molar-refractivity contribution in [3.63, 3.8) is 0 Å². The molecule has 0 saturated carbocycles. The Balaban J connectivity index is 1.81. The van der Waals surface area contributed by atoms with Crippen LogP contribution in [0.25, 0.3) is 10.6 Å². The smallest absolute Gasteiger partial charge is 0.275 e. The maximum atomic E-state index is 12.2. The van der Waals surface area contributed by atoms with Gasteiger partial charge < -0.3 is 5.32 Å². The van der Waals surface area contributed by atoms with Gasteiger partial charge in [-0.15, -0.1) is 11.3 Å². The lowest BCUT2D eigenvalue weighted by atomic mass is 10.3. The van der Waals surface area contributed by atoms with E-state index in [0.29, 0.717) is 17.2 Å². The Hall–Kier alpha value is -2.99. The van der Waals surface area contributed by atoms with E-state index in [-0.39, 0.29) is 17.3 Å². The topological polar surface area (TPSA) is 112 Å². The largest absolute Gasteiger partial charge is 0.317 e. The minimum Gasteiger partial charge on any atom is -0.317 e. The lowest BCUT2D eigenvalue weighted by Gasteiger charge is -1.99. The second kappa shape index (κ2) is 5.79. The van der Waals surface area contributed by atoms with Gasteiger partial charge in [0.15, 0.2) is 5.69 Å². The molecule has 22 heavy (non-hydrogen) atoms. The number of carbonyl (C=O) groups is 1. The van der Waals surface area contributed by atoms with Crippen molar-refractivity contribution in [3.8, 4) is 16.6 Å². The molecular weight excluding hydrogens is 302 g/mol. The van der Waals surface area contributed by atoms with Crippen LogP contribution in [-0.2, 0) is 6.54 Å². The highest BCUT2D eigenvalue weighted by Crippen LogP contribution is 2.23. The number of H-pyrrole nitrogens is 1. The Morgan fingerprint density at radius 3 is 3.14 bits per heavy atom. The number of hydrogen-bond donors (Lipinski definition) is 2. The average Bonchev–Trinajstić information content (AvgIpc) is 3.26. The summed E-state index contributed by atoms with van der Waals surface area (Å²) < 4.78 is 1.59. The monoisotopic (exact) mass is 313 g/mol. The molecule has 0 unspecified atom stereocenters. The van der Waals surface area contributed by atoms with Crippen LogP contribution in [0.2, 0.25) is 0 Å². The van der Waals surface area contributed by atoms with Gasteiger partial charge in [-0.1, -0.05) is 0 Å². The lowest BCUT2D eigenvalue weighted by Crippen LogP contribution is -2.12. The van der Waals surface area contributed by atoms with Crippen LogP contribution < -0.4 is 5.32 Å². The standard InChI is InChI=1S/C13H11N7OS/c1-2-20-6-10(9(3-14)19-20)17-12(21)11-7-22-13(18-11)8-4-15-16-5-8/h4-7H,2H2,1H3,(H,15,16)(H,17,21). The summed E-state index contributed by atoms with van der Waals surface area (Å²) >= 11 is 1.35. The van der Waals surface area contributed by atoms with Crippen LogP contribution in [0.1, 0.15) is 23.1 Å². The van der Waals surface area contributed by atoms with Crippen LogP contribution in [0.15, 0.2) is 24.0 Å². The number of thiazole rings is 1. The number of carbonyl (C=O) groups excluding carboxylic acids is 1. The molecule has 0 spiro atoms. The first kappa shape index (κ1) is 14.0. The Kier molecular flexibility index (Phi) is 3.67. The number of aromatic amines is 1. The Bertz CT molecular complexity index is 840. The molecule has 0 aliphatic heterocycles. The second-order valence-electron chi connectivity index (χ2n) is 4.34. The molecule has 3 aromatic heterocycles. The second-order valence-corrected chi connectivity index (χ2v) is 5.20. The van der Waals surface area contributed by atoms with Crippen molar-refractivity contribution in [2.75, 3.05) is 5.32 Å². The zero-order chi connectivity index (χ0) is 15.5. The highest BCUT2D eigenvalue weighted by atomic mass is 32.1. The number of anilines is 1. The molecular formula is C13H11N7OS. The van der Waals surface area contributed by atoms with E-state index >= 15 is 0 Å². The van der Waals surface area contributed by atoms with Gasteiger partial charge in [-0.2, -0.15) is 15.5 Å². The number of hydrogen-bond acceptors (Lipinski definition) is 6. The van der Waals surface area contributed by atoms with Gasteiger partial charge in [0.05, 0.1) is 11.9 Å². The number of rotatable bonds is 4. The molecule has 0 bridgehead atoms. The summed E-state index contributed by atoms with van der Waals surface area (Å²) in [5, 5.41) is 24.7. The fourth-order valence-corrected chi connectivity index (χ4v) is 2.60. The van der Waals surface area contributed by atoms with Crippen LogP contribution in [-0.4, -0.2) is 30.9 Å². The lowest BCUT2D eigenvalue weighted by molar-refractivity contribution is 0.102. The first-order valence-corrected chi connectivity index (χ1v) is 7.32. The zero-order valence-electron chi connectivity index (χ0n) is 11.6. The minimum atomic E-state index is -0.377. The normalized spacial score (nSPS) is 10.4. The van der Waals surface area contributed by atoms with E-state index in [9.17, 15) is 4.79 Å². The van der Waals surface area contributed by atoms with Gasteiger partial charge in [-0.05, 0) is 6.92 Å². The minimum absolute atomic E-state index is 0.181. The predicted molar refractivity (Wildman–Crippen MR) is 80.3 cm³/mol. The summed E-state index contributed by atoms with van der Waals surface area (Å²) in [4.78, 5) is 16.5. The highest BCUT2D eigenvalue weighted by molar-refractivity contribution is 7.13. The summed E-state index contributed by atoms with van der Waals surface area (Å²) in [7, 11) is 0. The maximum Gasteiger partial charge on any atom is 0.275 e. The average molecular weight is 313 g/mol. The molecule has 0 saturated heterocycles. The zero-order valence-corrected chi connectivity index (χ0v) is 12.4. The summed E-state index contributed by atoms with van der Waals surface area (Å²) in [6, 6.07) is 1.96. The van der Waals surface area contributed by atoms with Gasteiger partial charge in [0.25, 0.3) is 5.91 Å². The van der Waals surface area contributed by atoms with Crippen LogP contribution in [0.5, 0.6) is 0 Å². The number of nitrogens with zero attached hydrogens (tertiary/aromatic N) is 5. The van der Waals surface area contributed by atoms with Gasteiger partial charge in [-0.3, -0.25) is 14.6 Å². The first-order chi connectivity index (χ1) is 10.7. The Morgan fingerprint density at radius 1 is 1.59 bits per heavy atom. The van der Waals surface area contributed by atoms with Crippen LogP contribution in [0.3, 0.4) is 0 Å². The third kappa shape index (κ3) is 2.59. The molecule has 0 aliphatic rings. The van der Waals surface area contributed by atoms with Crippen molar-refractivity contribution in [1.29, 1.82) is 5.26 Å². The van der Waals surface area contributed by atoms with Gasteiger partial charge in [0.2, 0.25) is 0 Å². The molecule has 0 fully saturated rings. The van der Waals surface area contributed by atoms with Crippen molar-refractivity contribution in [2.45, 2.75) is 13.5 Å². The highest BCUT2D eigenvalue weighted by Gasteiger charge is 2.16. The third-order valence-electron chi connectivity index (χ3n) is 2.92. The molecule has 9 heteroatoms. The third-order valence-corrected chi connectivity index (χ3v) is 3.81. The van der Waals surface area contributed by atoms with Gasteiger partial charge in [0.1, 0.15) is 16.8 Å². The van der Waals surface area contributed by atoms with Crippen LogP contribution in [0.4, 0.5) is 5.69 Å². The van der Waals surface area contributed by atoms with Gasteiger partial charge in [0, 0.05) is 29.9 Å². The molecule has 110 valence electrons. The van der Waals surface area contributed by atoms with Crippen molar-refractivity contribution >= 4 is 22.9 Å². The van der Waals surface area contributed by atoms with E-state index < -0.39 is 0 Å². The van der Waals surface area contributed by atoms with E-state index in [4.69, 9.17) is 5.26 Å². The fraction of sp³-hybridized carbons (Fsp3) is 0.154. The number of nitriles is 1. The molecule has 0 radical (unpaired) electrons. The maximum absolute atomic E-state index is 12.2. The Morgan fingerprint density at radius 2 is 2.45 bits per heavy atom. The van der Waals surface area contributed by atoms with Crippen molar-refractivity contribution in [3.05, 3.63) is 35.4 Å². The van der Waals surface area contributed by atoms with Crippen LogP contribution >= 0.6 is 11.3 Å². The molecule has 0 aromatic carbocycles. The van der Waals surface area contributed by atoms with Gasteiger partial charge in [-0.25, -0.2) is 4.98 Å². The number of amides is 1. The first-order valence-electron chi connectivity index (χ1n) is 6.45. The van der Waals surface area contributed by atoms with Crippen LogP contribution in [0, 0.1) is 11.3 Å².